The first kappa shape index (κ1) is 21.3. The molecule has 0 saturated carbocycles. The topological polar surface area (TPSA) is 54.5 Å². The third-order valence-corrected chi connectivity index (χ3v) is 5.82. The van der Waals surface area contributed by atoms with Crippen molar-refractivity contribution in [3.63, 3.8) is 0 Å². The third kappa shape index (κ3) is 5.63. The maximum atomic E-state index is 12.5. The second-order valence-corrected chi connectivity index (χ2v) is 8.23. The van der Waals surface area contributed by atoms with Gasteiger partial charge in [0.2, 0.25) is 0 Å². The van der Waals surface area contributed by atoms with Crippen LogP contribution in [0, 0.1) is 0 Å². The Labute approximate surface area is 188 Å². The molecule has 2 aromatic carbocycles. The first-order valence-electron chi connectivity index (χ1n) is 10.5. The monoisotopic (exact) mass is 435 g/mol. The van der Waals surface area contributed by atoms with E-state index in [9.17, 15) is 4.79 Å². The van der Waals surface area contributed by atoms with Gasteiger partial charge in [0.05, 0.1) is 12.7 Å². The van der Waals surface area contributed by atoms with Crippen molar-refractivity contribution in [1.29, 1.82) is 0 Å². The molecular weight excluding hydrogens is 410 g/mol. The maximum Gasteiger partial charge on any atom is 0.253 e. The Hall–Kier alpha value is -2.89. The number of nitrogens with one attached hydrogen (secondary N) is 1. The van der Waals surface area contributed by atoms with Crippen molar-refractivity contribution < 1.29 is 9.53 Å². The number of carbonyl (C=O) groups excluding carboxylic acids is 1. The van der Waals surface area contributed by atoms with Crippen molar-refractivity contribution in [2.75, 3.05) is 20.2 Å². The predicted molar refractivity (Wildman–Crippen MR) is 123 cm³/mol. The molecule has 1 aliphatic rings. The lowest BCUT2D eigenvalue weighted by Crippen LogP contribution is -2.47. The summed E-state index contributed by atoms with van der Waals surface area (Å²) in [6, 6.07) is 20.2. The van der Waals surface area contributed by atoms with Crippen LogP contribution >= 0.6 is 11.6 Å². The first-order valence-corrected chi connectivity index (χ1v) is 10.9. The van der Waals surface area contributed by atoms with Gasteiger partial charge in [-0.2, -0.15) is 0 Å². The highest BCUT2D eigenvalue weighted by Crippen LogP contribution is 2.24. The summed E-state index contributed by atoms with van der Waals surface area (Å²) in [6.45, 7) is 2.74. The zero-order valence-electron chi connectivity index (χ0n) is 17.6. The standard InChI is InChI=1S/C25H26ClN3O2/c1-31-23-6-2-4-20(14-23)19-9-7-18(8-10-19)16-29-13-3-5-22(17-29)28-25(30)21-11-12-24(26)27-15-21/h2,4,6-12,14-15,22H,3,5,13,16-17H2,1H3,(H,28,30). The van der Waals surface area contributed by atoms with Crippen molar-refractivity contribution in [2.24, 2.45) is 0 Å². The highest BCUT2D eigenvalue weighted by molar-refractivity contribution is 6.29. The average molecular weight is 436 g/mol. The molecule has 1 unspecified atom stereocenters. The van der Waals surface area contributed by atoms with E-state index in [-0.39, 0.29) is 11.9 Å². The molecular formula is C25H26ClN3O2. The lowest BCUT2D eigenvalue weighted by Gasteiger charge is -2.33. The summed E-state index contributed by atoms with van der Waals surface area (Å²) in [5, 5.41) is 3.52. The van der Waals surface area contributed by atoms with Crippen LogP contribution in [0.25, 0.3) is 11.1 Å². The lowest BCUT2D eigenvalue weighted by atomic mass is 10.0. The van der Waals surface area contributed by atoms with Crippen LogP contribution in [0.4, 0.5) is 0 Å². The summed E-state index contributed by atoms with van der Waals surface area (Å²) in [4.78, 5) is 18.9. The second-order valence-electron chi connectivity index (χ2n) is 7.85. The molecule has 3 aromatic rings. The lowest BCUT2D eigenvalue weighted by molar-refractivity contribution is 0.0900. The molecule has 1 aromatic heterocycles. The van der Waals surface area contributed by atoms with Gasteiger partial charge in [0.15, 0.2) is 0 Å². The van der Waals surface area contributed by atoms with Crippen LogP contribution in [0.3, 0.4) is 0 Å². The molecule has 1 saturated heterocycles. The Morgan fingerprint density at radius 3 is 2.74 bits per heavy atom. The van der Waals surface area contributed by atoms with E-state index in [1.165, 1.54) is 17.3 Å². The van der Waals surface area contributed by atoms with Gasteiger partial charge < -0.3 is 10.1 Å². The van der Waals surface area contributed by atoms with Gasteiger partial charge in [-0.3, -0.25) is 9.69 Å². The predicted octanol–water partition coefficient (Wildman–Crippen LogP) is 4.81. The number of hydrogen-bond donors (Lipinski definition) is 1. The molecule has 31 heavy (non-hydrogen) atoms. The number of piperidine rings is 1. The number of halogens is 1. The maximum absolute atomic E-state index is 12.5. The Bertz CT molecular complexity index is 1020. The van der Waals surface area contributed by atoms with Crippen molar-refractivity contribution in [3.8, 4) is 16.9 Å². The zero-order chi connectivity index (χ0) is 21.6. The molecule has 2 heterocycles. The smallest absolute Gasteiger partial charge is 0.253 e. The fourth-order valence-corrected chi connectivity index (χ4v) is 4.07. The summed E-state index contributed by atoms with van der Waals surface area (Å²) in [5.74, 6) is 0.760. The molecule has 0 spiro atoms. The van der Waals surface area contributed by atoms with E-state index in [0.29, 0.717) is 10.7 Å². The number of hydrogen-bond acceptors (Lipinski definition) is 4. The van der Waals surface area contributed by atoms with Gasteiger partial charge in [-0.25, -0.2) is 4.98 Å². The molecule has 4 rings (SSSR count). The Kier molecular flexibility index (Phi) is 6.85. The van der Waals surface area contributed by atoms with E-state index >= 15 is 0 Å². The SMILES string of the molecule is COc1cccc(-c2ccc(CN3CCCC(NC(=O)c4ccc(Cl)nc4)C3)cc2)c1. The number of nitrogens with zero attached hydrogens (tertiary/aromatic N) is 2. The van der Waals surface area contributed by atoms with Gasteiger partial charge in [-0.15, -0.1) is 0 Å². The Balaban J connectivity index is 1.34. The number of pyridine rings is 1. The molecule has 1 N–H and O–H groups in total. The van der Waals surface area contributed by atoms with Crippen LogP contribution < -0.4 is 10.1 Å². The van der Waals surface area contributed by atoms with Gasteiger partial charge in [-0.1, -0.05) is 48.0 Å². The van der Waals surface area contributed by atoms with Crippen LogP contribution in [-0.2, 0) is 6.54 Å². The van der Waals surface area contributed by atoms with E-state index < -0.39 is 0 Å². The molecule has 0 bridgehead atoms. The first-order chi connectivity index (χ1) is 15.1. The van der Waals surface area contributed by atoms with Crippen molar-refractivity contribution >= 4 is 17.5 Å². The summed E-state index contributed by atoms with van der Waals surface area (Å²) in [7, 11) is 1.68. The number of amides is 1. The van der Waals surface area contributed by atoms with Gasteiger partial charge in [0.1, 0.15) is 10.9 Å². The number of methoxy groups -OCH3 is 1. The van der Waals surface area contributed by atoms with E-state index in [2.05, 4.69) is 45.5 Å². The summed E-state index contributed by atoms with van der Waals surface area (Å²) < 4.78 is 5.33. The molecule has 1 amide bonds. The zero-order valence-corrected chi connectivity index (χ0v) is 18.3. The van der Waals surface area contributed by atoms with Crippen molar-refractivity contribution in [1.82, 2.24) is 15.2 Å². The van der Waals surface area contributed by atoms with Crippen molar-refractivity contribution in [2.45, 2.75) is 25.4 Å². The van der Waals surface area contributed by atoms with Gasteiger partial charge in [0, 0.05) is 25.3 Å². The summed E-state index contributed by atoms with van der Waals surface area (Å²) in [6.07, 6.45) is 3.56. The normalized spacial score (nSPS) is 16.6. The minimum Gasteiger partial charge on any atom is -0.497 e. The van der Waals surface area contributed by atoms with Gasteiger partial charge in [0.25, 0.3) is 5.91 Å². The minimum absolute atomic E-state index is 0.0985. The van der Waals surface area contributed by atoms with Crippen LogP contribution in [0.5, 0.6) is 5.75 Å². The van der Waals surface area contributed by atoms with Crippen molar-refractivity contribution in [3.05, 3.63) is 83.1 Å². The Morgan fingerprint density at radius 1 is 1.16 bits per heavy atom. The molecule has 5 nitrogen and oxygen atoms in total. The highest BCUT2D eigenvalue weighted by atomic mass is 35.5. The van der Waals surface area contributed by atoms with E-state index in [1.54, 1.807) is 19.2 Å². The average Bonchev–Trinajstić information content (AvgIpc) is 2.80. The highest BCUT2D eigenvalue weighted by Gasteiger charge is 2.22. The number of carbonyl (C=O) groups is 1. The summed E-state index contributed by atoms with van der Waals surface area (Å²) >= 11 is 5.81. The van der Waals surface area contributed by atoms with Crippen LogP contribution in [0.2, 0.25) is 5.15 Å². The van der Waals surface area contributed by atoms with E-state index in [0.717, 1.165) is 43.8 Å². The largest absolute Gasteiger partial charge is 0.497 e. The molecule has 1 aliphatic heterocycles. The number of benzene rings is 2. The van der Waals surface area contributed by atoms with Crippen LogP contribution in [0.1, 0.15) is 28.8 Å². The molecule has 1 atom stereocenters. The third-order valence-electron chi connectivity index (χ3n) is 5.59. The van der Waals surface area contributed by atoms with E-state index in [1.807, 2.05) is 18.2 Å². The molecule has 1 fully saturated rings. The number of rotatable bonds is 6. The van der Waals surface area contributed by atoms with Gasteiger partial charge in [-0.05, 0) is 60.3 Å². The number of likely N-dealkylation sites (tertiary alicyclic amines) is 1. The molecule has 160 valence electrons. The fourth-order valence-electron chi connectivity index (χ4n) is 3.96. The fraction of sp³-hybridized carbons (Fsp3) is 0.280. The second kappa shape index (κ2) is 9.94. The van der Waals surface area contributed by atoms with E-state index in [4.69, 9.17) is 16.3 Å². The van der Waals surface area contributed by atoms with Crippen LogP contribution in [-0.4, -0.2) is 42.0 Å². The number of aromatic nitrogens is 1. The van der Waals surface area contributed by atoms with Crippen LogP contribution in [0.15, 0.2) is 66.9 Å². The molecule has 0 aliphatic carbocycles. The molecule has 0 radical (unpaired) electrons. The van der Waals surface area contributed by atoms with Gasteiger partial charge >= 0.3 is 0 Å². The number of ether oxygens (including phenoxy) is 1. The minimum atomic E-state index is -0.0985. The molecule has 6 heteroatoms. The quantitative estimate of drug-likeness (QED) is 0.565. The Morgan fingerprint density at radius 2 is 2.00 bits per heavy atom. The summed E-state index contributed by atoms with van der Waals surface area (Å²) in [5.41, 5.74) is 4.11.